The maximum absolute atomic E-state index is 12.6. The Morgan fingerprint density at radius 3 is 2.61 bits per heavy atom. The molecule has 10 heteroatoms. The number of carbonyl (C=O) groups excluding carboxylic acids is 1. The maximum atomic E-state index is 12.6. The number of ether oxygens (including phenoxy) is 2. The molecule has 0 aliphatic rings. The highest BCUT2D eigenvalue weighted by Gasteiger charge is 2.18. The fourth-order valence-corrected chi connectivity index (χ4v) is 3.29. The summed E-state index contributed by atoms with van der Waals surface area (Å²) < 4.78 is 17.4. The van der Waals surface area contributed by atoms with Gasteiger partial charge in [-0.2, -0.15) is 9.78 Å². The van der Waals surface area contributed by atoms with Crippen LogP contribution in [0.1, 0.15) is 18.2 Å². The number of furan rings is 1. The predicted molar refractivity (Wildman–Crippen MR) is 121 cm³/mol. The molecule has 1 amide bonds. The van der Waals surface area contributed by atoms with E-state index in [0.717, 1.165) is 0 Å². The van der Waals surface area contributed by atoms with Crippen LogP contribution in [0, 0.1) is 6.92 Å². The lowest BCUT2D eigenvalue weighted by Gasteiger charge is -2.10. The van der Waals surface area contributed by atoms with E-state index in [1.165, 1.54) is 10.9 Å². The first-order chi connectivity index (χ1) is 16.0. The van der Waals surface area contributed by atoms with Crippen molar-refractivity contribution in [1.82, 2.24) is 19.7 Å². The predicted octanol–water partition coefficient (Wildman–Crippen LogP) is 3.11. The molecular formula is C23H23N5O5. The third kappa shape index (κ3) is 4.79. The zero-order valence-electron chi connectivity index (χ0n) is 18.4. The van der Waals surface area contributed by atoms with Crippen LogP contribution in [0.2, 0.25) is 0 Å². The topological polar surface area (TPSA) is 124 Å². The monoisotopic (exact) mass is 449 g/mol. The molecule has 2 N–H and O–H groups in total. The Hall–Kier alpha value is -4.34. The van der Waals surface area contributed by atoms with E-state index in [2.05, 4.69) is 20.4 Å². The molecular weight excluding hydrogens is 426 g/mol. The highest BCUT2D eigenvalue weighted by atomic mass is 16.5. The lowest BCUT2D eigenvalue weighted by atomic mass is 10.2. The summed E-state index contributed by atoms with van der Waals surface area (Å²) in [6.45, 7) is 3.41. The number of nitrogens with zero attached hydrogens (tertiary/aromatic N) is 3. The normalized spacial score (nSPS) is 10.8. The largest absolute Gasteiger partial charge is 0.497 e. The van der Waals surface area contributed by atoms with Crippen molar-refractivity contribution >= 4 is 11.7 Å². The molecule has 170 valence electrons. The van der Waals surface area contributed by atoms with E-state index in [-0.39, 0.29) is 18.1 Å². The Labute approximate surface area is 189 Å². The van der Waals surface area contributed by atoms with Gasteiger partial charge in [-0.25, -0.2) is 4.98 Å². The summed E-state index contributed by atoms with van der Waals surface area (Å²) in [7, 11) is 1.57. The van der Waals surface area contributed by atoms with Gasteiger partial charge in [-0.3, -0.25) is 14.6 Å². The lowest BCUT2D eigenvalue weighted by molar-refractivity contribution is -0.118. The zero-order chi connectivity index (χ0) is 23.4. The van der Waals surface area contributed by atoms with E-state index in [4.69, 9.17) is 13.9 Å². The molecule has 0 bridgehead atoms. The van der Waals surface area contributed by atoms with E-state index >= 15 is 0 Å². The molecule has 10 nitrogen and oxygen atoms in total. The number of aryl methyl sites for hydroxylation is 1. The molecule has 0 spiro atoms. The molecule has 0 aliphatic carbocycles. The Morgan fingerprint density at radius 1 is 1.21 bits per heavy atom. The number of methoxy groups -OCH3 is 1. The summed E-state index contributed by atoms with van der Waals surface area (Å²) in [4.78, 5) is 32.3. The molecule has 3 heterocycles. The number of nitrogens with one attached hydrogen (secondary N) is 2. The maximum Gasteiger partial charge on any atom is 0.263 e. The Balaban J connectivity index is 1.60. The SMILES string of the molecule is CCc1c(C)nc(-n2nc(-c3ccco3)cc2NC(=O)COc2ccc(OC)cc2)[nH]c1=O. The van der Waals surface area contributed by atoms with Gasteiger partial charge >= 0.3 is 0 Å². The second-order valence-electron chi connectivity index (χ2n) is 7.12. The van der Waals surface area contributed by atoms with Crippen LogP contribution < -0.4 is 20.3 Å². The van der Waals surface area contributed by atoms with Gasteiger partial charge in [0.1, 0.15) is 23.0 Å². The molecule has 1 aromatic carbocycles. The van der Waals surface area contributed by atoms with Gasteiger partial charge in [0.15, 0.2) is 12.4 Å². The summed E-state index contributed by atoms with van der Waals surface area (Å²) in [5, 5.41) is 7.23. The van der Waals surface area contributed by atoms with Crippen molar-refractivity contribution in [2.24, 2.45) is 0 Å². The van der Waals surface area contributed by atoms with Crippen LogP contribution >= 0.6 is 0 Å². The van der Waals surface area contributed by atoms with Gasteiger partial charge in [0.2, 0.25) is 5.95 Å². The van der Waals surface area contributed by atoms with Gasteiger partial charge in [-0.1, -0.05) is 6.92 Å². The summed E-state index contributed by atoms with van der Waals surface area (Å²) in [5.74, 6) is 1.78. The van der Waals surface area contributed by atoms with Crippen LogP contribution in [0.15, 0.2) is 57.9 Å². The zero-order valence-corrected chi connectivity index (χ0v) is 18.4. The second-order valence-corrected chi connectivity index (χ2v) is 7.12. The smallest absolute Gasteiger partial charge is 0.263 e. The third-order valence-corrected chi connectivity index (χ3v) is 4.94. The second kappa shape index (κ2) is 9.43. The van der Waals surface area contributed by atoms with Crippen LogP contribution in [0.3, 0.4) is 0 Å². The summed E-state index contributed by atoms with van der Waals surface area (Å²) in [5.41, 5.74) is 1.39. The van der Waals surface area contributed by atoms with Crippen molar-refractivity contribution in [3.8, 4) is 28.9 Å². The minimum absolute atomic E-state index is 0.180. The van der Waals surface area contributed by atoms with Crippen LogP contribution in [0.4, 0.5) is 5.82 Å². The van der Waals surface area contributed by atoms with Crippen LogP contribution in [-0.2, 0) is 11.2 Å². The number of anilines is 1. The number of aromatic amines is 1. The number of aromatic nitrogens is 4. The molecule has 0 saturated carbocycles. The molecule has 0 atom stereocenters. The molecule has 0 radical (unpaired) electrons. The number of carbonyl (C=O) groups is 1. The van der Waals surface area contributed by atoms with Gasteiger partial charge in [-0.05, 0) is 49.7 Å². The summed E-state index contributed by atoms with van der Waals surface area (Å²) in [6.07, 6.45) is 2.08. The van der Waals surface area contributed by atoms with Crippen LogP contribution in [-0.4, -0.2) is 39.4 Å². The van der Waals surface area contributed by atoms with E-state index in [1.807, 2.05) is 6.92 Å². The van der Waals surface area contributed by atoms with Gasteiger partial charge in [-0.15, -0.1) is 0 Å². The van der Waals surface area contributed by atoms with Crippen molar-refractivity contribution in [3.63, 3.8) is 0 Å². The number of hydrogen-bond acceptors (Lipinski definition) is 7. The van der Waals surface area contributed by atoms with Gasteiger partial charge < -0.3 is 19.2 Å². The molecule has 0 fully saturated rings. The van der Waals surface area contributed by atoms with Crippen molar-refractivity contribution < 1.29 is 18.7 Å². The average Bonchev–Trinajstić information content (AvgIpc) is 3.48. The molecule has 4 aromatic rings. The van der Waals surface area contributed by atoms with Gasteiger partial charge in [0, 0.05) is 17.3 Å². The minimum atomic E-state index is -0.415. The number of benzene rings is 1. The average molecular weight is 449 g/mol. The number of amides is 1. The first kappa shape index (κ1) is 21.9. The third-order valence-electron chi connectivity index (χ3n) is 4.94. The van der Waals surface area contributed by atoms with Crippen molar-refractivity contribution in [1.29, 1.82) is 0 Å². The molecule has 0 aliphatic heterocycles. The van der Waals surface area contributed by atoms with E-state index in [9.17, 15) is 9.59 Å². The van der Waals surface area contributed by atoms with Crippen molar-refractivity contribution in [3.05, 3.63) is 70.3 Å². The number of H-pyrrole nitrogens is 1. The van der Waals surface area contributed by atoms with Crippen LogP contribution in [0.25, 0.3) is 17.4 Å². The lowest BCUT2D eigenvalue weighted by Crippen LogP contribution is -2.24. The molecule has 0 saturated heterocycles. The van der Waals surface area contributed by atoms with E-state index in [0.29, 0.717) is 46.4 Å². The Bertz CT molecular complexity index is 1310. The van der Waals surface area contributed by atoms with E-state index in [1.54, 1.807) is 56.5 Å². The van der Waals surface area contributed by atoms with E-state index < -0.39 is 5.91 Å². The Kier molecular flexibility index (Phi) is 6.25. The highest BCUT2D eigenvalue weighted by Crippen LogP contribution is 2.24. The Morgan fingerprint density at radius 2 is 1.97 bits per heavy atom. The standard InChI is InChI=1S/C23H23N5O5/c1-4-17-14(2)24-23(26-22(17)30)28-20(12-18(27-28)19-6-5-11-32-19)25-21(29)13-33-16-9-7-15(31-3)8-10-16/h5-12H,4,13H2,1-3H3,(H,25,29)(H,24,26,30). The number of rotatable bonds is 8. The van der Waals surface area contributed by atoms with Gasteiger partial charge in [0.25, 0.3) is 11.5 Å². The van der Waals surface area contributed by atoms with Crippen molar-refractivity contribution in [2.45, 2.75) is 20.3 Å². The minimum Gasteiger partial charge on any atom is -0.497 e. The van der Waals surface area contributed by atoms with Gasteiger partial charge in [0.05, 0.1) is 13.4 Å². The fraction of sp³-hybridized carbons (Fsp3) is 0.217. The molecule has 3 aromatic heterocycles. The summed E-state index contributed by atoms with van der Waals surface area (Å²) in [6, 6.07) is 12.0. The quantitative estimate of drug-likeness (QED) is 0.423. The molecule has 4 rings (SSSR count). The fourth-order valence-electron chi connectivity index (χ4n) is 3.29. The first-order valence-electron chi connectivity index (χ1n) is 10.3. The molecule has 0 unspecified atom stereocenters. The number of hydrogen-bond donors (Lipinski definition) is 2. The van der Waals surface area contributed by atoms with Crippen LogP contribution in [0.5, 0.6) is 11.5 Å². The highest BCUT2D eigenvalue weighted by molar-refractivity contribution is 5.91. The summed E-state index contributed by atoms with van der Waals surface area (Å²) >= 11 is 0. The first-order valence-corrected chi connectivity index (χ1v) is 10.3. The molecule has 33 heavy (non-hydrogen) atoms. The van der Waals surface area contributed by atoms with Crippen molar-refractivity contribution in [2.75, 3.05) is 19.0 Å².